The lowest BCUT2D eigenvalue weighted by Crippen LogP contribution is -1.89. The van der Waals surface area contributed by atoms with Gasteiger partial charge in [-0.15, -0.1) is 11.3 Å². The SMILES string of the molecule is COc1ccc(C)cc1-c1csc(-c2ccccc2O)n1. The summed E-state index contributed by atoms with van der Waals surface area (Å²) in [5.41, 5.74) is 3.73. The fourth-order valence-corrected chi connectivity index (χ4v) is 3.05. The maximum Gasteiger partial charge on any atom is 0.128 e. The minimum atomic E-state index is 0.245. The molecule has 3 aromatic rings. The van der Waals surface area contributed by atoms with Crippen LogP contribution in [0, 0.1) is 6.92 Å². The molecule has 0 saturated carbocycles. The molecule has 1 heterocycles. The lowest BCUT2D eigenvalue weighted by Gasteiger charge is -2.07. The van der Waals surface area contributed by atoms with E-state index < -0.39 is 0 Å². The zero-order chi connectivity index (χ0) is 14.8. The smallest absolute Gasteiger partial charge is 0.128 e. The Balaban J connectivity index is 2.07. The van der Waals surface area contributed by atoms with Crippen molar-refractivity contribution in [1.82, 2.24) is 4.98 Å². The van der Waals surface area contributed by atoms with Gasteiger partial charge in [0.15, 0.2) is 0 Å². The van der Waals surface area contributed by atoms with E-state index >= 15 is 0 Å². The molecule has 0 spiro atoms. The second kappa shape index (κ2) is 5.58. The van der Waals surface area contributed by atoms with Gasteiger partial charge in [-0.3, -0.25) is 0 Å². The van der Waals surface area contributed by atoms with Gasteiger partial charge in [-0.05, 0) is 31.2 Å². The molecule has 0 fully saturated rings. The highest BCUT2D eigenvalue weighted by molar-refractivity contribution is 7.13. The summed E-state index contributed by atoms with van der Waals surface area (Å²) in [5, 5.41) is 12.7. The van der Waals surface area contributed by atoms with Crippen molar-refractivity contribution in [2.45, 2.75) is 6.92 Å². The van der Waals surface area contributed by atoms with E-state index in [0.29, 0.717) is 0 Å². The number of hydrogen-bond acceptors (Lipinski definition) is 4. The Hall–Kier alpha value is -2.33. The summed E-state index contributed by atoms with van der Waals surface area (Å²) in [6.07, 6.45) is 0. The minimum absolute atomic E-state index is 0.245. The lowest BCUT2D eigenvalue weighted by molar-refractivity contribution is 0.416. The third kappa shape index (κ3) is 2.62. The number of ether oxygens (including phenoxy) is 1. The molecule has 0 bridgehead atoms. The van der Waals surface area contributed by atoms with Gasteiger partial charge in [0, 0.05) is 10.9 Å². The zero-order valence-corrected chi connectivity index (χ0v) is 12.6. The Bertz CT molecular complexity index is 780. The molecule has 0 aliphatic heterocycles. The number of para-hydroxylation sites is 1. The van der Waals surface area contributed by atoms with E-state index in [1.54, 1.807) is 19.2 Å². The molecule has 0 radical (unpaired) electrons. The Morgan fingerprint density at radius 2 is 1.90 bits per heavy atom. The van der Waals surface area contributed by atoms with E-state index in [4.69, 9.17) is 4.74 Å². The molecule has 4 heteroatoms. The van der Waals surface area contributed by atoms with Gasteiger partial charge in [0.2, 0.25) is 0 Å². The molecule has 21 heavy (non-hydrogen) atoms. The van der Waals surface area contributed by atoms with Crippen molar-refractivity contribution in [2.75, 3.05) is 7.11 Å². The van der Waals surface area contributed by atoms with E-state index in [9.17, 15) is 5.11 Å². The number of aryl methyl sites for hydroxylation is 1. The van der Waals surface area contributed by atoms with Crippen molar-refractivity contribution in [1.29, 1.82) is 0 Å². The number of thiazole rings is 1. The Morgan fingerprint density at radius 1 is 1.10 bits per heavy atom. The second-order valence-corrected chi connectivity index (χ2v) is 5.62. The molecule has 106 valence electrons. The summed E-state index contributed by atoms with van der Waals surface area (Å²) in [6.45, 7) is 2.04. The third-order valence-corrected chi connectivity index (χ3v) is 4.15. The maximum absolute atomic E-state index is 9.93. The first-order chi connectivity index (χ1) is 10.2. The number of hydrogen-bond donors (Lipinski definition) is 1. The van der Waals surface area contributed by atoms with E-state index in [1.807, 2.05) is 36.6 Å². The van der Waals surface area contributed by atoms with Gasteiger partial charge >= 0.3 is 0 Å². The summed E-state index contributed by atoms with van der Waals surface area (Å²) >= 11 is 1.51. The number of nitrogens with zero attached hydrogens (tertiary/aromatic N) is 1. The number of benzene rings is 2. The summed E-state index contributed by atoms with van der Waals surface area (Å²) in [5.74, 6) is 1.05. The van der Waals surface area contributed by atoms with Crippen molar-refractivity contribution in [3.8, 4) is 33.3 Å². The normalized spacial score (nSPS) is 10.6. The number of phenolic OH excluding ortho intramolecular Hbond substituents is 1. The van der Waals surface area contributed by atoms with Crippen LogP contribution < -0.4 is 4.74 Å². The van der Waals surface area contributed by atoms with Crippen molar-refractivity contribution in [3.05, 3.63) is 53.4 Å². The van der Waals surface area contributed by atoms with Crippen LogP contribution >= 0.6 is 11.3 Å². The van der Waals surface area contributed by atoms with Crippen molar-refractivity contribution >= 4 is 11.3 Å². The van der Waals surface area contributed by atoms with Crippen LogP contribution in [-0.4, -0.2) is 17.2 Å². The molecule has 0 atom stereocenters. The summed E-state index contributed by atoms with van der Waals surface area (Å²) < 4.78 is 5.41. The van der Waals surface area contributed by atoms with E-state index in [2.05, 4.69) is 11.1 Å². The van der Waals surface area contributed by atoms with Crippen LogP contribution in [0.5, 0.6) is 11.5 Å². The quantitative estimate of drug-likeness (QED) is 0.774. The molecule has 0 aliphatic rings. The van der Waals surface area contributed by atoms with Crippen LogP contribution in [0.3, 0.4) is 0 Å². The van der Waals surface area contributed by atoms with Gasteiger partial charge < -0.3 is 9.84 Å². The van der Waals surface area contributed by atoms with Crippen LogP contribution in [-0.2, 0) is 0 Å². The Morgan fingerprint density at radius 3 is 2.67 bits per heavy atom. The molecule has 0 saturated heterocycles. The van der Waals surface area contributed by atoms with E-state index in [-0.39, 0.29) is 5.75 Å². The summed E-state index contributed by atoms with van der Waals surface area (Å²) in [4.78, 5) is 4.64. The van der Waals surface area contributed by atoms with Gasteiger partial charge in [0.25, 0.3) is 0 Å². The number of aromatic nitrogens is 1. The van der Waals surface area contributed by atoms with Gasteiger partial charge in [-0.2, -0.15) is 0 Å². The van der Waals surface area contributed by atoms with E-state index in [1.165, 1.54) is 11.3 Å². The van der Waals surface area contributed by atoms with Crippen LogP contribution in [0.2, 0.25) is 0 Å². The van der Waals surface area contributed by atoms with Crippen molar-refractivity contribution in [3.63, 3.8) is 0 Å². The molecule has 3 rings (SSSR count). The zero-order valence-electron chi connectivity index (χ0n) is 11.8. The second-order valence-electron chi connectivity index (χ2n) is 4.76. The monoisotopic (exact) mass is 297 g/mol. The molecule has 2 aromatic carbocycles. The number of phenols is 1. The molecule has 1 N–H and O–H groups in total. The molecule has 0 aliphatic carbocycles. The fraction of sp³-hybridized carbons (Fsp3) is 0.118. The third-order valence-electron chi connectivity index (χ3n) is 3.27. The van der Waals surface area contributed by atoms with Crippen molar-refractivity contribution in [2.24, 2.45) is 0 Å². The molecule has 0 unspecified atom stereocenters. The first-order valence-electron chi connectivity index (χ1n) is 6.58. The number of aromatic hydroxyl groups is 1. The molecular formula is C17H15NO2S. The Kier molecular flexibility index (Phi) is 3.62. The highest BCUT2D eigenvalue weighted by Crippen LogP contribution is 2.36. The average Bonchev–Trinajstić information content (AvgIpc) is 2.97. The van der Waals surface area contributed by atoms with Gasteiger partial charge in [0.1, 0.15) is 16.5 Å². The summed E-state index contributed by atoms with van der Waals surface area (Å²) in [6, 6.07) is 13.3. The predicted molar refractivity (Wildman–Crippen MR) is 85.9 cm³/mol. The largest absolute Gasteiger partial charge is 0.507 e. The van der Waals surface area contributed by atoms with Crippen LogP contribution in [0.15, 0.2) is 47.8 Å². The predicted octanol–water partition coefficient (Wildman–Crippen LogP) is 4.50. The Labute approximate surface area is 127 Å². The van der Waals surface area contributed by atoms with Gasteiger partial charge in [-0.1, -0.05) is 23.8 Å². The average molecular weight is 297 g/mol. The van der Waals surface area contributed by atoms with Crippen molar-refractivity contribution < 1.29 is 9.84 Å². The standard InChI is InChI=1S/C17H15NO2S/c1-11-7-8-16(20-2)13(9-11)14-10-21-17(18-14)12-5-3-4-6-15(12)19/h3-10,19H,1-2H3. The first kappa shape index (κ1) is 13.6. The van der Waals surface area contributed by atoms with Crippen LogP contribution in [0.1, 0.15) is 5.56 Å². The summed E-state index contributed by atoms with van der Waals surface area (Å²) in [7, 11) is 1.66. The molecule has 1 aromatic heterocycles. The minimum Gasteiger partial charge on any atom is -0.507 e. The highest BCUT2D eigenvalue weighted by Gasteiger charge is 2.13. The molecule has 0 amide bonds. The highest BCUT2D eigenvalue weighted by atomic mass is 32.1. The number of rotatable bonds is 3. The molecular weight excluding hydrogens is 282 g/mol. The first-order valence-corrected chi connectivity index (χ1v) is 7.46. The molecule has 3 nitrogen and oxygen atoms in total. The van der Waals surface area contributed by atoms with Crippen LogP contribution in [0.4, 0.5) is 0 Å². The van der Waals surface area contributed by atoms with Crippen LogP contribution in [0.25, 0.3) is 21.8 Å². The lowest BCUT2D eigenvalue weighted by atomic mass is 10.1. The van der Waals surface area contributed by atoms with Gasteiger partial charge in [-0.25, -0.2) is 4.98 Å². The van der Waals surface area contributed by atoms with E-state index in [0.717, 1.165) is 33.1 Å². The maximum atomic E-state index is 9.93. The van der Waals surface area contributed by atoms with Gasteiger partial charge in [0.05, 0.1) is 18.4 Å². The number of methoxy groups -OCH3 is 1. The fourth-order valence-electron chi connectivity index (χ4n) is 2.20. The topological polar surface area (TPSA) is 42.4 Å².